The molecule has 3 aromatic rings. The van der Waals surface area contributed by atoms with Gasteiger partial charge in [0.2, 0.25) is 0 Å². The lowest BCUT2D eigenvalue weighted by atomic mass is 10.1. The molecule has 1 saturated heterocycles. The lowest BCUT2D eigenvalue weighted by Crippen LogP contribution is -3.27. The third-order valence-electron chi connectivity index (χ3n) is 6.01. The van der Waals surface area contributed by atoms with Crippen molar-refractivity contribution in [2.45, 2.75) is 33.4 Å². The number of piperazine rings is 1. The molecule has 0 atom stereocenters. The van der Waals surface area contributed by atoms with Gasteiger partial charge in [-0.15, -0.1) is 10.2 Å². The van der Waals surface area contributed by atoms with Gasteiger partial charge >= 0.3 is 0 Å². The van der Waals surface area contributed by atoms with Crippen LogP contribution in [0.3, 0.4) is 0 Å². The molecule has 0 unspecified atom stereocenters. The van der Waals surface area contributed by atoms with Crippen molar-refractivity contribution in [3.63, 3.8) is 0 Å². The quantitative estimate of drug-likeness (QED) is 0.652. The van der Waals surface area contributed by atoms with Crippen LogP contribution in [0.5, 0.6) is 5.75 Å². The molecule has 5 rings (SSSR count). The van der Waals surface area contributed by atoms with Gasteiger partial charge < -0.3 is 23.4 Å². The molecular formula is C22H28N4O3+2. The highest BCUT2D eigenvalue weighted by molar-refractivity contribution is 5.55. The second-order valence-electron chi connectivity index (χ2n) is 8.22. The Morgan fingerprint density at radius 2 is 1.72 bits per heavy atom. The van der Waals surface area contributed by atoms with E-state index in [-0.39, 0.29) is 0 Å². The van der Waals surface area contributed by atoms with Crippen molar-refractivity contribution in [1.29, 1.82) is 0 Å². The fourth-order valence-corrected chi connectivity index (χ4v) is 4.44. The van der Waals surface area contributed by atoms with Gasteiger partial charge in [0.15, 0.2) is 6.54 Å². The fourth-order valence-electron chi connectivity index (χ4n) is 4.44. The first-order valence-corrected chi connectivity index (χ1v) is 10.5. The van der Waals surface area contributed by atoms with Crippen molar-refractivity contribution in [1.82, 2.24) is 10.2 Å². The highest BCUT2D eigenvalue weighted by atomic mass is 16.5. The molecular weight excluding hydrogens is 368 g/mol. The molecule has 2 N–H and O–H groups in total. The summed E-state index contributed by atoms with van der Waals surface area (Å²) in [6, 6.07) is 8.63. The van der Waals surface area contributed by atoms with E-state index >= 15 is 0 Å². The van der Waals surface area contributed by atoms with Crippen molar-refractivity contribution in [3.05, 3.63) is 52.8 Å². The summed E-state index contributed by atoms with van der Waals surface area (Å²) in [4.78, 5) is 3.15. The topological polar surface area (TPSA) is 70.2 Å². The van der Waals surface area contributed by atoms with Crippen molar-refractivity contribution in [2.24, 2.45) is 0 Å². The minimum absolute atomic E-state index is 0.554. The van der Waals surface area contributed by atoms with Crippen LogP contribution in [-0.4, -0.2) is 43.0 Å². The van der Waals surface area contributed by atoms with Crippen LogP contribution in [-0.2, 0) is 19.5 Å². The lowest BCUT2D eigenvalue weighted by Gasteiger charge is -2.29. The molecule has 152 valence electrons. The summed E-state index contributed by atoms with van der Waals surface area (Å²) in [7, 11) is 0. The Balaban J connectivity index is 1.15. The van der Waals surface area contributed by atoms with Gasteiger partial charge in [-0.25, -0.2) is 0 Å². The molecule has 2 aromatic heterocycles. The third-order valence-corrected chi connectivity index (χ3v) is 6.01. The van der Waals surface area contributed by atoms with E-state index < -0.39 is 0 Å². The maximum absolute atomic E-state index is 5.91. The number of nitrogens with zero attached hydrogens (tertiary/aromatic N) is 2. The second-order valence-corrected chi connectivity index (χ2v) is 8.22. The summed E-state index contributed by atoms with van der Waals surface area (Å²) < 4.78 is 17.1. The first-order valence-electron chi connectivity index (χ1n) is 10.5. The molecule has 29 heavy (non-hydrogen) atoms. The van der Waals surface area contributed by atoms with Crippen LogP contribution in [0.2, 0.25) is 0 Å². The molecule has 1 fully saturated rings. The first kappa shape index (κ1) is 18.4. The van der Waals surface area contributed by atoms with Crippen LogP contribution in [0.15, 0.2) is 33.1 Å². The minimum Gasteiger partial charge on any atom is -0.493 e. The first-order chi connectivity index (χ1) is 14.1. The molecule has 1 aromatic carbocycles. The van der Waals surface area contributed by atoms with Crippen LogP contribution in [0.1, 0.15) is 28.5 Å². The number of fused-ring (bicyclic) bond motifs is 1. The predicted molar refractivity (Wildman–Crippen MR) is 106 cm³/mol. The zero-order valence-corrected chi connectivity index (χ0v) is 17.1. The normalized spacial score (nSPS) is 21.2. The van der Waals surface area contributed by atoms with E-state index in [0.717, 1.165) is 75.1 Å². The summed E-state index contributed by atoms with van der Waals surface area (Å²) in [6.07, 6.45) is 1.04. The lowest BCUT2D eigenvalue weighted by molar-refractivity contribution is -1.02. The predicted octanol–water partition coefficient (Wildman–Crippen LogP) is 0.365. The molecule has 0 amide bonds. The number of aromatic nitrogens is 2. The largest absolute Gasteiger partial charge is 0.493 e. The maximum atomic E-state index is 5.91. The van der Waals surface area contributed by atoms with Crippen molar-refractivity contribution in [2.75, 3.05) is 32.8 Å². The van der Waals surface area contributed by atoms with Crippen LogP contribution >= 0.6 is 0 Å². The van der Waals surface area contributed by atoms with E-state index in [1.807, 2.05) is 19.9 Å². The van der Waals surface area contributed by atoms with E-state index in [9.17, 15) is 0 Å². The van der Waals surface area contributed by atoms with Crippen LogP contribution in [0.25, 0.3) is 11.5 Å². The van der Waals surface area contributed by atoms with Gasteiger partial charge in [0.05, 0.1) is 12.2 Å². The average molecular weight is 396 g/mol. The highest BCUT2D eigenvalue weighted by Gasteiger charge is 2.26. The molecule has 4 heterocycles. The van der Waals surface area contributed by atoms with E-state index in [1.165, 1.54) is 16.0 Å². The number of hydrogen-bond acceptors (Lipinski definition) is 5. The van der Waals surface area contributed by atoms with Gasteiger partial charge in [0, 0.05) is 12.0 Å². The maximum Gasteiger partial charge on any atom is 0.271 e. The SMILES string of the molecule is Cc1cc(-c2nnc(C[NH+]3CC[NH+](Cc4ccc5c(c4)CCO5)CC3)o2)c(C)o1. The zero-order chi connectivity index (χ0) is 19.8. The van der Waals surface area contributed by atoms with E-state index in [2.05, 4.69) is 28.4 Å². The van der Waals surface area contributed by atoms with Crippen LogP contribution in [0, 0.1) is 13.8 Å². The van der Waals surface area contributed by atoms with Crippen LogP contribution < -0.4 is 14.5 Å². The van der Waals surface area contributed by atoms with Crippen molar-refractivity contribution < 1.29 is 23.4 Å². The number of ether oxygens (including phenoxy) is 1. The van der Waals surface area contributed by atoms with E-state index in [4.69, 9.17) is 13.6 Å². The van der Waals surface area contributed by atoms with Gasteiger partial charge in [-0.1, -0.05) is 0 Å². The Bertz CT molecular complexity index is 1000. The number of benzene rings is 1. The number of hydrogen-bond donors (Lipinski definition) is 2. The summed E-state index contributed by atoms with van der Waals surface area (Å²) >= 11 is 0. The highest BCUT2D eigenvalue weighted by Crippen LogP contribution is 2.26. The minimum atomic E-state index is 0.554. The zero-order valence-electron chi connectivity index (χ0n) is 17.1. The number of rotatable bonds is 5. The third kappa shape index (κ3) is 3.93. The molecule has 0 saturated carbocycles. The monoisotopic (exact) mass is 396 g/mol. The Morgan fingerprint density at radius 3 is 2.48 bits per heavy atom. The number of nitrogens with one attached hydrogen (secondary N) is 2. The van der Waals surface area contributed by atoms with Gasteiger partial charge in [-0.05, 0) is 43.7 Å². The Hall–Kier alpha value is -2.64. The molecule has 2 aliphatic heterocycles. The standard InChI is InChI=1S/C22H26N4O3/c1-15-11-19(16(2)28-15)22-24-23-21(29-22)14-26-8-6-25(7-9-26)13-17-3-4-20-18(12-17)5-10-27-20/h3-4,11-12H,5-10,13-14H2,1-2H3/p+2. The van der Waals surface area contributed by atoms with E-state index in [1.54, 1.807) is 4.90 Å². The molecule has 2 aliphatic rings. The molecule has 7 nitrogen and oxygen atoms in total. The smallest absolute Gasteiger partial charge is 0.271 e. The Morgan fingerprint density at radius 1 is 0.931 bits per heavy atom. The van der Waals surface area contributed by atoms with Gasteiger partial charge in [0.25, 0.3) is 11.8 Å². The van der Waals surface area contributed by atoms with Gasteiger partial charge in [-0.3, -0.25) is 0 Å². The van der Waals surface area contributed by atoms with Crippen molar-refractivity contribution >= 4 is 0 Å². The van der Waals surface area contributed by atoms with Gasteiger partial charge in [-0.2, -0.15) is 0 Å². The van der Waals surface area contributed by atoms with Crippen LogP contribution in [0.4, 0.5) is 0 Å². The van der Waals surface area contributed by atoms with Crippen molar-refractivity contribution in [3.8, 4) is 17.2 Å². The fraction of sp³-hybridized carbons (Fsp3) is 0.455. The molecule has 0 spiro atoms. The summed E-state index contributed by atoms with van der Waals surface area (Å²) in [6.45, 7) is 11.1. The summed E-state index contributed by atoms with van der Waals surface area (Å²) in [5.74, 6) is 4.00. The molecule has 0 radical (unpaired) electrons. The Labute approximate surface area is 170 Å². The number of aryl methyl sites for hydroxylation is 2. The number of furan rings is 1. The Kier molecular flexibility index (Phi) is 4.85. The van der Waals surface area contributed by atoms with Gasteiger partial charge in [0.1, 0.15) is 50.0 Å². The summed E-state index contributed by atoms with van der Waals surface area (Å²) in [5, 5.41) is 8.48. The summed E-state index contributed by atoms with van der Waals surface area (Å²) in [5.41, 5.74) is 3.67. The second kappa shape index (κ2) is 7.65. The molecule has 7 heteroatoms. The average Bonchev–Trinajstić information content (AvgIpc) is 3.43. The van der Waals surface area contributed by atoms with E-state index in [0.29, 0.717) is 11.8 Å². The molecule has 0 aliphatic carbocycles. The number of quaternary nitrogens is 2. The molecule has 0 bridgehead atoms.